The predicted octanol–water partition coefficient (Wildman–Crippen LogP) is 9.61. The van der Waals surface area contributed by atoms with Crippen LogP contribution in [-0.2, 0) is 9.53 Å². The number of alkyl halides is 9. The van der Waals surface area contributed by atoms with Gasteiger partial charge in [0.05, 0.1) is 32.2 Å². The second kappa shape index (κ2) is 18.2. The van der Waals surface area contributed by atoms with E-state index >= 15 is 0 Å². The Morgan fingerprint density at radius 1 is 0.609 bits per heavy atom. The minimum atomic E-state index is -7.15. The number of unbranched alkanes of at least 4 members (excludes halogenated alkanes) is 10. The fraction of sp³-hybridized carbons (Fsp3) is 0.645. The molecule has 6 nitrogen and oxygen atoms in total. The molecule has 0 spiro atoms. The molecule has 2 aromatic rings. The molecule has 0 N–H and O–H groups in total. The molecule has 260 valence electrons. The summed E-state index contributed by atoms with van der Waals surface area (Å²) in [5.41, 5.74) is 0.780. The van der Waals surface area contributed by atoms with Crippen LogP contribution in [0.3, 0.4) is 0 Å². The highest BCUT2D eigenvalue weighted by Crippen LogP contribution is 2.53. The molecule has 0 unspecified atom stereocenters. The molecule has 0 aliphatic carbocycles. The van der Waals surface area contributed by atoms with E-state index < -0.39 is 36.5 Å². The van der Waals surface area contributed by atoms with Gasteiger partial charge in [0.1, 0.15) is 5.75 Å². The van der Waals surface area contributed by atoms with Gasteiger partial charge in [0.15, 0.2) is 11.6 Å². The number of hydrogen-bond donors (Lipinski definition) is 0. The van der Waals surface area contributed by atoms with Crippen molar-refractivity contribution in [2.24, 2.45) is 0 Å². The van der Waals surface area contributed by atoms with Crippen LogP contribution in [0.2, 0.25) is 0 Å². The summed E-state index contributed by atoms with van der Waals surface area (Å²) in [7, 11) is 0. The lowest BCUT2D eigenvalue weighted by atomic mass is 10.0. The Morgan fingerprint density at radius 3 is 1.57 bits per heavy atom. The fourth-order valence-corrected chi connectivity index (χ4v) is 4.17. The molecular weight excluding hydrogens is 635 g/mol. The molecule has 0 amide bonds. The lowest BCUT2D eigenvalue weighted by Crippen LogP contribution is -2.63. The number of carbonyl (C=O) groups excluding carboxylic acids is 1. The highest BCUT2D eigenvalue weighted by molar-refractivity contribution is 5.79. The number of esters is 1. The first kappa shape index (κ1) is 38.9. The maximum atomic E-state index is 13.5. The third kappa shape index (κ3) is 11.2. The second-order valence-electron chi connectivity index (χ2n) is 10.7. The van der Waals surface area contributed by atoms with Crippen LogP contribution >= 0.6 is 0 Å². The van der Waals surface area contributed by atoms with Crippen LogP contribution in [-0.4, -0.2) is 59.7 Å². The fourth-order valence-electron chi connectivity index (χ4n) is 4.17. The van der Waals surface area contributed by atoms with Crippen LogP contribution in [0, 0.1) is 0 Å². The Labute approximate surface area is 262 Å². The molecular formula is C31H39F9N2O4. The van der Waals surface area contributed by atoms with Crippen LogP contribution in [0.1, 0.15) is 84.0 Å². The predicted molar refractivity (Wildman–Crippen MR) is 151 cm³/mol. The van der Waals surface area contributed by atoms with Gasteiger partial charge in [-0.1, -0.05) is 51.9 Å². The van der Waals surface area contributed by atoms with Gasteiger partial charge in [0.2, 0.25) is 0 Å². The largest absolute Gasteiger partial charge is 0.494 e. The second-order valence-corrected chi connectivity index (χ2v) is 10.7. The number of benzene rings is 1. The molecule has 0 radical (unpaired) electrons. The zero-order valence-electron chi connectivity index (χ0n) is 25.5. The SMILES string of the molecule is CCCCCCCCCCOc1ccc(-c2ncc(OCCCCCCOC(=O)C(F)(F)C(F)(F)C(F)(F)C(F)(F)F)cn2)cc1. The van der Waals surface area contributed by atoms with Crippen molar-refractivity contribution < 1.29 is 58.5 Å². The molecule has 2 rings (SSSR count). The summed E-state index contributed by atoms with van der Waals surface area (Å²) in [6.45, 7) is 2.17. The minimum absolute atomic E-state index is 0.135. The van der Waals surface area contributed by atoms with Gasteiger partial charge in [0.25, 0.3) is 0 Å². The number of aromatic nitrogens is 2. The van der Waals surface area contributed by atoms with Crippen LogP contribution < -0.4 is 9.47 Å². The zero-order valence-corrected chi connectivity index (χ0v) is 25.5. The molecule has 1 heterocycles. The lowest BCUT2D eigenvalue weighted by molar-refractivity contribution is -0.390. The van der Waals surface area contributed by atoms with E-state index in [2.05, 4.69) is 21.6 Å². The van der Waals surface area contributed by atoms with Crippen molar-refractivity contribution in [1.82, 2.24) is 9.97 Å². The monoisotopic (exact) mass is 674 g/mol. The molecule has 1 aromatic heterocycles. The summed E-state index contributed by atoms with van der Waals surface area (Å²) in [6.07, 6.45) is 6.66. The standard InChI is InChI=1S/C31H39F9N2O4/c1-2-3-4-5-6-7-8-11-18-44-24-16-14-23(15-17-24)26-41-21-25(22-42-26)45-19-12-9-10-13-20-46-27(43)28(32,33)29(34,35)30(36,37)31(38,39)40/h14-17,21-22H,2-13,18-20H2,1H3. The van der Waals surface area contributed by atoms with Gasteiger partial charge in [-0.05, 0) is 56.4 Å². The van der Waals surface area contributed by atoms with Gasteiger partial charge in [-0.2, -0.15) is 39.5 Å². The number of hydrogen-bond acceptors (Lipinski definition) is 6. The van der Waals surface area contributed by atoms with Crippen molar-refractivity contribution in [2.45, 2.75) is 108 Å². The van der Waals surface area contributed by atoms with E-state index in [-0.39, 0.29) is 19.4 Å². The summed E-state index contributed by atoms with van der Waals surface area (Å²) in [5.74, 6) is -22.2. The molecule has 0 saturated heterocycles. The van der Waals surface area contributed by atoms with Gasteiger partial charge >= 0.3 is 29.9 Å². The summed E-state index contributed by atoms with van der Waals surface area (Å²) in [4.78, 5) is 19.8. The Kier molecular flexibility index (Phi) is 15.4. The summed E-state index contributed by atoms with van der Waals surface area (Å²) >= 11 is 0. The van der Waals surface area contributed by atoms with Crippen molar-refractivity contribution in [1.29, 1.82) is 0 Å². The number of rotatable bonds is 22. The van der Waals surface area contributed by atoms with Crippen molar-refractivity contribution in [3.05, 3.63) is 36.7 Å². The normalized spacial score (nSPS) is 12.7. The van der Waals surface area contributed by atoms with Crippen LogP contribution in [0.5, 0.6) is 11.5 Å². The quantitative estimate of drug-likeness (QED) is 0.0704. The van der Waals surface area contributed by atoms with Crippen LogP contribution in [0.15, 0.2) is 36.7 Å². The van der Waals surface area contributed by atoms with Crippen molar-refractivity contribution in [3.8, 4) is 22.9 Å². The average Bonchev–Trinajstić information content (AvgIpc) is 3.01. The Bertz CT molecular complexity index is 1160. The van der Waals surface area contributed by atoms with E-state index in [4.69, 9.17) is 9.47 Å². The molecule has 1 aromatic carbocycles. The highest BCUT2D eigenvalue weighted by atomic mass is 19.4. The van der Waals surface area contributed by atoms with E-state index in [1.54, 1.807) is 0 Å². The molecule has 0 aliphatic rings. The molecule has 0 aliphatic heterocycles. The summed E-state index contributed by atoms with van der Waals surface area (Å²) < 4.78 is 131. The zero-order chi connectivity index (χ0) is 34.3. The van der Waals surface area contributed by atoms with E-state index in [0.717, 1.165) is 24.2 Å². The van der Waals surface area contributed by atoms with Gasteiger partial charge in [0, 0.05) is 5.56 Å². The first-order chi connectivity index (χ1) is 21.6. The first-order valence-electron chi connectivity index (χ1n) is 15.2. The Hall–Kier alpha value is -3.26. The van der Waals surface area contributed by atoms with Crippen LogP contribution in [0.4, 0.5) is 39.5 Å². The van der Waals surface area contributed by atoms with E-state index in [0.29, 0.717) is 31.0 Å². The third-order valence-electron chi connectivity index (χ3n) is 6.95. The third-order valence-corrected chi connectivity index (χ3v) is 6.95. The molecule has 0 fully saturated rings. The van der Waals surface area contributed by atoms with Crippen molar-refractivity contribution in [2.75, 3.05) is 19.8 Å². The highest BCUT2D eigenvalue weighted by Gasteiger charge is 2.84. The topological polar surface area (TPSA) is 70.5 Å². The number of nitrogens with zero attached hydrogens (tertiary/aromatic N) is 2. The van der Waals surface area contributed by atoms with Crippen molar-refractivity contribution in [3.63, 3.8) is 0 Å². The summed E-state index contributed by atoms with van der Waals surface area (Å²) in [5, 5.41) is 0. The Morgan fingerprint density at radius 2 is 1.07 bits per heavy atom. The van der Waals surface area contributed by atoms with E-state index in [1.165, 1.54) is 50.9 Å². The van der Waals surface area contributed by atoms with Gasteiger partial charge in [-0.25, -0.2) is 14.8 Å². The molecule has 46 heavy (non-hydrogen) atoms. The van der Waals surface area contributed by atoms with E-state index in [9.17, 15) is 44.3 Å². The minimum Gasteiger partial charge on any atom is -0.494 e. The average molecular weight is 675 g/mol. The molecule has 15 heteroatoms. The lowest BCUT2D eigenvalue weighted by Gasteiger charge is -2.32. The Balaban J connectivity index is 1.62. The van der Waals surface area contributed by atoms with E-state index in [1.807, 2.05) is 24.3 Å². The molecule has 0 atom stereocenters. The number of ether oxygens (including phenoxy) is 3. The maximum absolute atomic E-state index is 13.5. The number of carbonyl (C=O) groups is 1. The smallest absolute Gasteiger partial charge is 0.460 e. The van der Waals surface area contributed by atoms with Gasteiger partial charge in [-0.15, -0.1) is 0 Å². The van der Waals surface area contributed by atoms with Crippen molar-refractivity contribution >= 4 is 5.97 Å². The maximum Gasteiger partial charge on any atom is 0.460 e. The van der Waals surface area contributed by atoms with Crippen LogP contribution in [0.25, 0.3) is 11.4 Å². The van der Waals surface area contributed by atoms with Gasteiger partial charge in [-0.3, -0.25) is 0 Å². The first-order valence-corrected chi connectivity index (χ1v) is 15.2. The number of halogens is 9. The molecule has 0 saturated carbocycles. The summed E-state index contributed by atoms with van der Waals surface area (Å²) in [6, 6.07) is 7.39. The molecule has 0 bridgehead atoms. The van der Waals surface area contributed by atoms with Gasteiger partial charge < -0.3 is 14.2 Å².